The molecule has 150 valence electrons. The predicted octanol–water partition coefficient (Wildman–Crippen LogP) is 4.74. The lowest BCUT2D eigenvalue weighted by Gasteiger charge is -2.15. The molecule has 0 fully saturated rings. The summed E-state index contributed by atoms with van der Waals surface area (Å²) in [6, 6.07) is 16.6. The molecule has 6 heteroatoms. The molecule has 2 aromatic carbocycles. The zero-order valence-electron chi connectivity index (χ0n) is 16.6. The molecule has 2 heterocycles. The van der Waals surface area contributed by atoms with Crippen molar-refractivity contribution in [2.45, 2.75) is 20.4 Å². The zero-order valence-corrected chi connectivity index (χ0v) is 17.4. The molecule has 0 bridgehead atoms. The first-order valence-corrected chi connectivity index (χ1v) is 9.91. The summed E-state index contributed by atoms with van der Waals surface area (Å²) in [7, 11) is 0. The van der Waals surface area contributed by atoms with Crippen LogP contribution in [0, 0.1) is 13.8 Å². The SMILES string of the molecule is Cc1ccc(C2=C(Nc3cc(Cl)ccc3C)C(=O)N(Cc3cccnc3)C2=O)cc1. The van der Waals surface area contributed by atoms with Gasteiger partial charge in [0.1, 0.15) is 5.70 Å². The maximum Gasteiger partial charge on any atom is 0.278 e. The highest BCUT2D eigenvalue weighted by atomic mass is 35.5. The van der Waals surface area contributed by atoms with Crippen molar-refractivity contribution in [1.29, 1.82) is 0 Å². The highest BCUT2D eigenvalue weighted by Gasteiger charge is 2.39. The third kappa shape index (κ3) is 3.84. The molecule has 1 aliphatic rings. The topological polar surface area (TPSA) is 62.3 Å². The fourth-order valence-corrected chi connectivity index (χ4v) is 3.53. The Bertz CT molecular complexity index is 1150. The lowest BCUT2D eigenvalue weighted by Crippen LogP contribution is -2.32. The predicted molar refractivity (Wildman–Crippen MR) is 118 cm³/mol. The summed E-state index contributed by atoms with van der Waals surface area (Å²) in [6.07, 6.45) is 3.31. The summed E-state index contributed by atoms with van der Waals surface area (Å²) in [4.78, 5) is 31.9. The highest BCUT2D eigenvalue weighted by Crippen LogP contribution is 2.33. The molecular weight excluding hydrogens is 398 g/mol. The number of aromatic nitrogens is 1. The van der Waals surface area contributed by atoms with Gasteiger partial charge in [0, 0.05) is 23.1 Å². The lowest BCUT2D eigenvalue weighted by molar-refractivity contribution is -0.137. The van der Waals surface area contributed by atoms with Gasteiger partial charge in [-0.25, -0.2) is 0 Å². The number of benzene rings is 2. The number of amides is 2. The van der Waals surface area contributed by atoms with Crippen LogP contribution in [0.2, 0.25) is 5.02 Å². The Morgan fingerprint density at radius 2 is 1.77 bits per heavy atom. The van der Waals surface area contributed by atoms with Crippen molar-refractivity contribution in [3.05, 3.63) is 100.0 Å². The number of rotatable bonds is 5. The van der Waals surface area contributed by atoms with Gasteiger partial charge in [0.05, 0.1) is 12.1 Å². The van der Waals surface area contributed by atoms with Crippen LogP contribution in [0.4, 0.5) is 5.69 Å². The number of halogens is 1. The third-order valence-electron chi connectivity index (χ3n) is 5.03. The van der Waals surface area contributed by atoms with Gasteiger partial charge in [-0.05, 0) is 48.7 Å². The maximum absolute atomic E-state index is 13.3. The average molecular weight is 418 g/mol. The molecule has 0 saturated heterocycles. The largest absolute Gasteiger partial charge is 0.350 e. The zero-order chi connectivity index (χ0) is 21.3. The second-order valence-corrected chi connectivity index (χ2v) is 7.69. The molecule has 0 saturated carbocycles. The Hall–Kier alpha value is -3.44. The highest BCUT2D eigenvalue weighted by molar-refractivity contribution is 6.36. The number of carbonyl (C=O) groups is 2. The van der Waals surface area contributed by atoms with Crippen molar-refractivity contribution < 1.29 is 9.59 Å². The van der Waals surface area contributed by atoms with Crippen molar-refractivity contribution in [1.82, 2.24) is 9.88 Å². The minimum Gasteiger partial charge on any atom is -0.350 e. The van der Waals surface area contributed by atoms with Crippen molar-refractivity contribution in [2.75, 3.05) is 5.32 Å². The smallest absolute Gasteiger partial charge is 0.278 e. The standard InChI is InChI=1S/C24H20ClN3O2/c1-15-5-8-18(9-6-15)21-22(27-20-12-19(25)10-7-16(20)2)24(30)28(23(21)29)14-17-4-3-11-26-13-17/h3-13,27H,14H2,1-2H3. The molecule has 0 spiro atoms. The van der Waals surface area contributed by atoms with Crippen molar-refractivity contribution in [3.8, 4) is 0 Å². The Balaban J connectivity index is 1.77. The number of pyridine rings is 1. The summed E-state index contributed by atoms with van der Waals surface area (Å²) < 4.78 is 0. The van der Waals surface area contributed by atoms with Crippen LogP contribution in [-0.4, -0.2) is 21.7 Å². The van der Waals surface area contributed by atoms with E-state index in [1.165, 1.54) is 4.90 Å². The maximum atomic E-state index is 13.3. The summed E-state index contributed by atoms with van der Waals surface area (Å²) in [6.45, 7) is 4.04. The van der Waals surface area contributed by atoms with Gasteiger partial charge in [-0.3, -0.25) is 19.5 Å². The van der Waals surface area contributed by atoms with Crippen LogP contribution >= 0.6 is 11.6 Å². The van der Waals surface area contributed by atoms with Gasteiger partial charge in [-0.2, -0.15) is 0 Å². The van der Waals surface area contributed by atoms with Crippen LogP contribution in [0.1, 0.15) is 22.3 Å². The van der Waals surface area contributed by atoms with Gasteiger partial charge in [0.2, 0.25) is 0 Å². The van der Waals surface area contributed by atoms with Crippen molar-refractivity contribution >= 4 is 34.7 Å². The van der Waals surface area contributed by atoms with E-state index in [1.807, 2.05) is 50.2 Å². The van der Waals surface area contributed by atoms with Crippen LogP contribution in [0.3, 0.4) is 0 Å². The van der Waals surface area contributed by atoms with E-state index in [-0.39, 0.29) is 24.1 Å². The number of carbonyl (C=O) groups excluding carboxylic acids is 2. The number of hydrogen-bond acceptors (Lipinski definition) is 4. The molecule has 30 heavy (non-hydrogen) atoms. The third-order valence-corrected chi connectivity index (χ3v) is 5.27. The van der Waals surface area contributed by atoms with Gasteiger partial charge in [0.15, 0.2) is 0 Å². The molecule has 1 aromatic heterocycles. The quantitative estimate of drug-likeness (QED) is 0.609. The van der Waals surface area contributed by atoms with E-state index in [0.29, 0.717) is 21.8 Å². The molecule has 0 radical (unpaired) electrons. The van der Waals surface area contributed by atoms with Crippen molar-refractivity contribution in [3.63, 3.8) is 0 Å². The Morgan fingerprint density at radius 1 is 1.00 bits per heavy atom. The number of hydrogen-bond donors (Lipinski definition) is 1. The monoisotopic (exact) mass is 417 g/mol. The van der Waals surface area contributed by atoms with E-state index in [0.717, 1.165) is 16.7 Å². The van der Waals surface area contributed by atoms with Crippen LogP contribution in [0.5, 0.6) is 0 Å². The van der Waals surface area contributed by atoms with Gasteiger partial charge >= 0.3 is 0 Å². The first-order valence-electron chi connectivity index (χ1n) is 9.53. The molecule has 4 rings (SSSR count). The molecule has 2 amide bonds. The second kappa shape index (κ2) is 8.13. The number of anilines is 1. The fourth-order valence-electron chi connectivity index (χ4n) is 3.36. The van der Waals surface area contributed by atoms with E-state index in [2.05, 4.69) is 10.3 Å². The van der Waals surface area contributed by atoms with E-state index >= 15 is 0 Å². The fraction of sp³-hybridized carbons (Fsp3) is 0.125. The van der Waals surface area contributed by atoms with Gasteiger partial charge in [-0.15, -0.1) is 0 Å². The minimum absolute atomic E-state index is 0.153. The minimum atomic E-state index is -0.376. The number of aryl methyl sites for hydroxylation is 2. The average Bonchev–Trinajstić information content (AvgIpc) is 2.96. The Labute approximate surface area is 180 Å². The van der Waals surface area contributed by atoms with Crippen LogP contribution in [-0.2, 0) is 16.1 Å². The van der Waals surface area contributed by atoms with Crippen LogP contribution < -0.4 is 5.32 Å². The van der Waals surface area contributed by atoms with Crippen LogP contribution in [0.15, 0.2) is 72.7 Å². The first kappa shape index (κ1) is 19.9. The van der Waals surface area contributed by atoms with Gasteiger partial charge in [-0.1, -0.05) is 53.6 Å². The van der Waals surface area contributed by atoms with E-state index in [9.17, 15) is 9.59 Å². The Kier molecular flexibility index (Phi) is 5.38. The normalized spacial score (nSPS) is 13.9. The molecule has 3 aromatic rings. The summed E-state index contributed by atoms with van der Waals surface area (Å²) in [5, 5.41) is 3.72. The lowest BCUT2D eigenvalue weighted by atomic mass is 10.0. The molecule has 1 N–H and O–H groups in total. The van der Waals surface area contributed by atoms with Gasteiger partial charge < -0.3 is 5.32 Å². The van der Waals surface area contributed by atoms with E-state index < -0.39 is 0 Å². The number of imide groups is 1. The van der Waals surface area contributed by atoms with Gasteiger partial charge in [0.25, 0.3) is 11.8 Å². The molecule has 1 aliphatic heterocycles. The molecule has 0 atom stereocenters. The summed E-state index contributed by atoms with van der Waals surface area (Å²) in [5.74, 6) is -0.714. The summed E-state index contributed by atoms with van der Waals surface area (Å²) >= 11 is 6.15. The van der Waals surface area contributed by atoms with E-state index in [4.69, 9.17) is 11.6 Å². The van der Waals surface area contributed by atoms with Crippen LogP contribution in [0.25, 0.3) is 5.57 Å². The van der Waals surface area contributed by atoms with Crippen molar-refractivity contribution in [2.24, 2.45) is 0 Å². The molecule has 0 unspecified atom stereocenters. The first-order chi connectivity index (χ1) is 14.4. The van der Waals surface area contributed by atoms with E-state index in [1.54, 1.807) is 30.6 Å². The number of nitrogens with one attached hydrogen (secondary N) is 1. The Morgan fingerprint density at radius 3 is 2.47 bits per heavy atom. The molecular formula is C24H20ClN3O2. The molecule has 0 aliphatic carbocycles. The molecule has 5 nitrogen and oxygen atoms in total. The summed E-state index contributed by atoms with van der Waals surface area (Å²) in [5.41, 5.74) is 4.75. The number of nitrogens with zero attached hydrogens (tertiary/aromatic N) is 2. The second-order valence-electron chi connectivity index (χ2n) is 7.26.